The van der Waals surface area contributed by atoms with Crippen molar-refractivity contribution in [2.24, 2.45) is 0 Å². The first-order valence-electron chi connectivity index (χ1n) is 3.89. The molecule has 0 saturated heterocycles. The largest absolute Gasteiger partial charge is 0.507 e. The fourth-order valence-electron chi connectivity index (χ4n) is 1.58. The Morgan fingerprint density at radius 1 is 1.33 bits per heavy atom. The van der Waals surface area contributed by atoms with E-state index < -0.39 is 0 Å². The Bertz CT molecular complexity index is 455. The van der Waals surface area contributed by atoms with E-state index in [1.807, 2.05) is 6.08 Å². The molecular formula is C11H10O. The Balaban J connectivity index is 2.93. The Labute approximate surface area is 71.0 Å². The number of fused-ring (bicyclic) bond motifs is 1. The van der Waals surface area contributed by atoms with Crippen LogP contribution in [0.4, 0.5) is 0 Å². The molecule has 1 aliphatic rings. The zero-order chi connectivity index (χ0) is 8.72. The summed E-state index contributed by atoms with van der Waals surface area (Å²) in [7, 11) is 0. The lowest BCUT2D eigenvalue weighted by atomic mass is 10.1. The third-order valence-electron chi connectivity index (χ3n) is 2.26. The average Bonchev–Trinajstić information content (AvgIpc) is 2.48. The summed E-state index contributed by atoms with van der Waals surface area (Å²) in [4.78, 5) is 0. The molecule has 0 atom stereocenters. The van der Waals surface area contributed by atoms with Gasteiger partial charge in [0.05, 0.1) is 0 Å². The molecule has 0 aliphatic heterocycles. The van der Waals surface area contributed by atoms with Crippen molar-refractivity contribution < 1.29 is 5.11 Å². The molecule has 0 spiro atoms. The number of hydrogen-bond donors (Lipinski definition) is 1. The summed E-state index contributed by atoms with van der Waals surface area (Å²) < 4.78 is 0. The summed E-state index contributed by atoms with van der Waals surface area (Å²) in [6, 6.07) is 1.66. The lowest BCUT2D eigenvalue weighted by Crippen LogP contribution is -2.15. The van der Waals surface area contributed by atoms with Crippen molar-refractivity contribution in [3.8, 4) is 5.75 Å². The molecule has 0 radical (unpaired) electrons. The van der Waals surface area contributed by atoms with Crippen molar-refractivity contribution >= 4 is 19.2 Å². The van der Waals surface area contributed by atoms with Crippen molar-refractivity contribution in [1.29, 1.82) is 0 Å². The molecule has 2 rings (SSSR count). The molecule has 1 heteroatoms. The molecule has 0 saturated carbocycles. The minimum atomic E-state index is 0.252. The van der Waals surface area contributed by atoms with E-state index >= 15 is 0 Å². The molecule has 12 heavy (non-hydrogen) atoms. The summed E-state index contributed by atoms with van der Waals surface area (Å²) >= 11 is 0. The fourth-order valence-corrected chi connectivity index (χ4v) is 1.58. The highest BCUT2D eigenvalue weighted by Gasteiger charge is 2.08. The quantitative estimate of drug-likeness (QED) is 0.591. The molecule has 1 aromatic carbocycles. The molecule has 0 fully saturated rings. The van der Waals surface area contributed by atoms with Crippen LogP contribution in [-0.4, -0.2) is 5.11 Å². The summed E-state index contributed by atoms with van der Waals surface area (Å²) in [5.74, 6) is 0.252. The van der Waals surface area contributed by atoms with E-state index in [4.69, 9.17) is 0 Å². The predicted octanol–water partition coefficient (Wildman–Crippen LogP) is 0.782. The van der Waals surface area contributed by atoms with Crippen LogP contribution in [0.1, 0.15) is 11.1 Å². The van der Waals surface area contributed by atoms with E-state index in [0.717, 1.165) is 28.0 Å². The van der Waals surface area contributed by atoms with Gasteiger partial charge in [-0.2, -0.15) is 0 Å². The maximum absolute atomic E-state index is 9.43. The van der Waals surface area contributed by atoms with Crippen LogP contribution >= 0.6 is 0 Å². The van der Waals surface area contributed by atoms with Crippen molar-refractivity contribution in [2.45, 2.75) is 6.42 Å². The number of aromatic hydroxyl groups is 1. The van der Waals surface area contributed by atoms with Gasteiger partial charge >= 0.3 is 0 Å². The molecule has 60 valence electrons. The van der Waals surface area contributed by atoms with Gasteiger partial charge in [0.1, 0.15) is 5.75 Å². The predicted molar refractivity (Wildman–Crippen MR) is 51.1 cm³/mol. The van der Waals surface area contributed by atoms with Gasteiger partial charge in [-0.15, -0.1) is 0 Å². The minimum Gasteiger partial charge on any atom is -0.507 e. The van der Waals surface area contributed by atoms with Crippen molar-refractivity contribution in [3.05, 3.63) is 33.7 Å². The van der Waals surface area contributed by atoms with E-state index in [0.29, 0.717) is 0 Å². The highest BCUT2D eigenvalue weighted by atomic mass is 16.3. The molecule has 0 unspecified atom stereocenters. The smallest absolute Gasteiger partial charge is 0.123 e. The number of rotatable bonds is 0. The van der Waals surface area contributed by atoms with Crippen molar-refractivity contribution in [3.63, 3.8) is 0 Å². The SMILES string of the molecule is C=c1cc(O)c(=C)c2c1C=CC2. The zero-order valence-corrected chi connectivity index (χ0v) is 6.80. The standard InChI is InChI=1S/C11H10O/c1-7-6-11(12)8(2)10-5-3-4-9(7)10/h3-4,6,12H,1-2,5H2. The Hall–Kier alpha value is -1.50. The lowest BCUT2D eigenvalue weighted by Gasteiger charge is -2.01. The topological polar surface area (TPSA) is 20.2 Å². The fraction of sp³-hybridized carbons (Fsp3) is 0.0909. The molecule has 1 N–H and O–H groups in total. The van der Waals surface area contributed by atoms with Gasteiger partial charge in [-0.1, -0.05) is 25.3 Å². The van der Waals surface area contributed by atoms with Crippen LogP contribution in [0.3, 0.4) is 0 Å². The molecule has 0 bridgehead atoms. The highest BCUT2D eigenvalue weighted by Crippen LogP contribution is 2.13. The van der Waals surface area contributed by atoms with Gasteiger partial charge in [0.25, 0.3) is 0 Å². The molecule has 0 amide bonds. The summed E-state index contributed by atoms with van der Waals surface area (Å²) in [6.45, 7) is 7.67. The van der Waals surface area contributed by atoms with E-state index in [-0.39, 0.29) is 5.75 Å². The van der Waals surface area contributed by atoms with Crippen LogP contribution in [0.5, 0.6) is 5.75 Å². The van der Waals surface area contributed by atoms with Gasteiger partial charge in [-0.3, -0.25) is 0 Å². The normalized spacial score (nSPS) is 13.3. The maximum Gasteiger partial charge on any atom is 0.123 e. The highest BCUT2D eigenvalue weighted by molar-refractivity contribution is 5.62. The van der Waals surface area contributed by atoms with E-state index in [1.54, 1.807) is 6.07 Å². The van der Waals surface area contributed by atoms with Gasteiger partial charge in [-0.05, 0) is 28.8 Å². The van der Waals surface area contributed by atoms with E-state index in [2.05, 4.69) is 19.2 Å². The summed E-state index contributed by atoms with van der Waals surface area (Å²) in [6.07, 6.45) is 4.96. The van der Waals surface area contributed by atoms with Gasteiger partial charge < -0.3 is 5.11 Å². The second-order valence-electron chi connectivity index (χ2n) is 3.03. The Morgan fingerprint density at radius 3 is 2.83 bits per heavy atom. The number of allylic oxidation sites excluding steroid dienone is 1. The molecule has 1 aliphatic carbocycles. The lowest BCUT2D eigenvalue weighted by molar-refractivity contribution is 0.470. The van der Waals surface area contributed by atoms with Gasteiger partial charge in [0, 0.05) is 5.22 Å². The van der Waals surface area contributed by atoms with Crippen LogP contribution in [0.2, 0.25) is 0 Å². The number of phenolic OH excluding ortho intramolecular Hbond substituents is 1. The van der Waals surface area contributed by atoms with Gasteiger partial charge in [-0.25, -0.2) is 0 Å². The number of hydrogen-bond acceptors (Lipinski definition) is 1. The summed E-state index contributed by atoms with van der Waals surface area (Å²) in [5, 5.41) is 11.1. The van der Waals surface area contributed by atoms with Crippen LogP contribution in [-0.2, 0) is 6.42 Å². The summed E-state index contributed by atoms with van der Waals surface area (Å²) in [5.41, 5.74) is 2.23. The second kappa shape index (κ2) is 2.24. The van der Waals surface area contributed by atoms with E-state index in [9.17, 15) is 5.11 Å². The third kappa shape index (κ3) is 0.797. The molecule has 0 aromatic heterocycles. The van der Waals surface area contributed by atoms with Crippen LogP contribution < -0.4 is 10.4 Å². The van der Waals surface area contributed by atoms with Gasteiger partial charge in [0.2, 0.25) is 0 Å². The Morgan fingerprint density at radius 2 is 2.08 bits per heavy atom. The third-order valence-corrected chi connectivity index (χ3v) is 2.26. The monoisotopic (exact) mass is 158 g/mol. The first kappa shape index (κ1) is 7.17. The number of phenols is 1. The minimum absolute atomic E-state index is 0.252. The van der Waals surface area contributed by atoms with Crippen molar-refractivity contribution in [1.82, 2.24) is 0 Å². The molecule has 1 aromatic rings. The zero-order valence-electron chi connectivity index (χ0n) is 6.80. The van der Waals surface area contributed by atoms with Crippen LogP contribution in [0.15, 0.2) is 12.1 Å². The maximum atomic E-state index is 9.43. The Kier molecular flexibility index (Phi) is 1.34. The molecular weight excluding hydrogens is 148 g/mol. The second-order valence-corrected chi connectivity index (χ2v) is 3.03. The van der Waals surface area contributed by atoms with Crippen LogP contribution in [0, 0.1) is 0 Å². The van der Waals surface area contributed by atoms with E-state index in [1.165, 1.54) is 0 Å². The van der Waals surface area contributed by atoms with Crippen LogP contribution in [0.25, 0.3) is 19.2 Å². The number of benzene rings is 1. The first-order chi connectivity index (χ1) is 5.70. The first-order valence-corrected chi connectivity index (χ1v) is 3.89. The molecule has 1 nitrogen and oxygen atoms in total. The average molecular weight is 158 g/mol. The molecule has 0 heterocycles. The van der Waals surface area contributed by atoms with Crippen molar-refractivity contribution in [2.75, 3.05) is 0 Å². The van der Waals surface area contributed by atoms with Gasteiger partial charge in [0.15, 0.2) is 0 Å².